The normalized spacial score (nSPS) is 26.1. The molecule has 0 radical (unpaired) electrons. The third-order valence-corrected chi connectivity index (χ3v) is 4.63. The van der Waals surface area contributed by atoms with Crippen molar-refractivity contribution in [3.8, 4) is 0 Å². The third-order valence-electron chi connectivity index (χ3n) is 4.63. The molecule has 3 rings (SSSR count). The highest BCUT2D eigenvalue weighted by Crippen LogP contribution is 2.18. The van der Waals surface area contributed by atoms with Crippen LogP contribution >= 0.6 is 0 Å². The van der Waals surface area contributed by atoms with Crippen LogP contribution < -0.4 is 0 Å². The molecule has 7 nitrogen and oxygen atoms in total. The number of aliphatic hydroxyl groups is 1. The molecule has 0 aromatic carbocycles. The molecule has 2 saturated heterocycles. The van der Waals surface area contributed by atoms with Crippen molar-refractivity contribution in [1.29, 1.82) is 0 Å². The van der Waals surface area contributed by atoms with Gasteiger partial charge in [-0.2, -0.15) is 5.10 Å². The average Bonchev–Trinajstić information content (AvgIpc) is 3.03. The predicted octanol–water partition coefficient (Wildman–Crippen LogP) is -0.174. The number of morpholine rings is 1. The Kier molecular flexibility index (Phi) is 5.77. The maximum Gasteiger partial charge on any atom is 0.137 e. The second-order valence-corrected chi connectivity index (χ2v) is 6.33. The summed E-state index contributed by atoms with van der Waals surface area (Å²) in [6, 6.07) is 0.454. The summed E-state index contributed by atoms with van der Waals surface area (Å²) in [6.07, 6.45) is 6.71. The Labute approximate surface area is 131 Å². The molecule has 1 aromatic heterocycles. The van der Waals surface area contributed by atoms with Gasteiger partial charge < -0.3 is 9.84 Å². The molecule has 0 amide bonds. The number of aliphatic hydroxyl groups excluding tert-OH is 1. The van der Waals surface area contributed by atoms with Crippen LogP contribution in [0.1, 0.15) is 19.3 Å². The molecule has 0 unspecified atom stereocenters. The topological polar surface area (TPSA) is 66.7 Å². The van der Waals surface area contributed by atoms with Crippen LogP contribution in [-0.2, 0) is 11.3 Å². The number of nitrogens with zero attached hydrogens (tertiary/aromatic N) is 5. The first-order valence-electron chi connectivity index (χ1n) is 8.36. The summed E-state index contributed by atoms with van der Waals surface area (Å²) in [5.41, 5.74) is 0. The van der Waals surface area contributed by atoms with Crippen LogP contribution in [-0.4, -0.2) is 87.8 Å². The van der Waals surface area contributed by atoms with E-state index in [1.54, 1.807) is 12.7 Å². The Hall–Kier alpha value is -1.02. The lowest BCUT2D eigenvalue weighted by Gasteiger charge is -2.38. The highest BCUT2D eigenvalue weighted by atomic mass is 16.5. The summed E-state index contributed by atoms with van der Waals surface area (Å²) in [5, 5.41) is 14.7. The van der Waals surface area contributed by atoms with E-state index in [9.17, 15) is 5.11 Å². The van der Waals surface area contributed by atoms with Gasteiger partial charge in [-0.3, -0.25) is 14.5 Å². The van der Waals surface area contributed by atoms with E-state index >= 15 is 0 Å². The lowest BCUT2D eigenvalue weighted by atomic mass is 10.0. The van der Waals surface area contributed by atoms with Crippen molar-refractivity contribution in [2.24, 2.45) is 0 Å². The number of β-amino-alcohol motifs (C(OH)–C–C–N with tert-alkyl or cyclic N) is 1. The lowest BCUT2D eigenvalue weighted by Crippen LogP contribution is -2.49. The van der Waals surface area contributed by atoms with Gasteiger partial charge in [0.2, 0.25) is 0 Å². The fourth-order valence-corrected chi connectivity index (χ4v) is 3.46. The molecule has 7 heteroatoms. The number of ether oxygens (including phenoxy) is 1. The van der Waals surface area contributed by atoms with Crippen LogP contribution in [0.25, 0.3) is 0 Å². The predicted molar refractivity (Wildman–Crippen MR) is 82.5 cm³/mol. The third kappa shape index (κ3) is 4.49. The minimum absolute atomic E-state index is 0.297. The zero-order valence-corrected chi connectivity index (χ0v) is 13.2. The first-order valence-corrected chi connectivity index (χ1v) is 8.36. The molecular formula is C15H27N5O2. The Morgan fingerprint density at radius 1 is 1.18 bits per heavy atom. The molecule has 0 bridgehead atoms. The molecule has 2 aliphatic rings. The van der Waals surface area contributed by atoms with Crippen molar-refractivity contribution in [3.05, 3.63) is 12.7 Å². The molecule has 124 valence electrons. The quantitative estimate of drug-likeness (QED) is 0.787. The molecule has 0 saturated carbocycles. The van der Waals surface area contributed by atoms with E-state index < -0.39 is 0 Å². The van der Waals surface area contributed by atoms with Gasteiger partial charge in [0.25, 0.3) is 0 Å². The summed E-state index contributed by atoms with van der Waals surface area (Å²) in [5.74, 6) is 0. The standard InChI is InChI=1S/C15H27N5O2/c21-15(10-18-5-7-22-8-6-18)11-19-4-2-1-3-14(19)9-20-13-16-12-17-20/h12-15,21H,1-11H2/t14-,15-/m0/s1. The van der Waals surface area contributed by atoms with E-state index in [2.05, 4.69) is 19.9 Å². The van der Waals surface area contributed by atoms with Crippen molar-refractivity contribution in [1.82, 2.24) is 24.6 Å². The summed E-state index contributed by atoms with van der Waals surface area (Å²) < 4.78 is 7.26. The molecule has 2 aliphatic heterocycles. The second kappa shape index (κ2) is 8.01. The Balaban J connectivity index is 1.49. The summed E-state index contributed by atoms with van der Waals surface area (Å²) >= 11 is 0. The molecule has 0 aliphatic carbocycles. The minimum atomic E-state index is -0.297. The van der Waals surface area contributed by atoms with E-state index in [-0.39, 0.29) is 6.10 Å². The van der Waals surface area contributed by atoms with E-state index in [1.807, 2.05) is 4.68 Å². The molecule has 1 aromatic rings. The van der Waals surface area contributed by atoms with Crippen molar-refractivity contribution in [3.63, 3.8) is 0 Å². The monoisotopic (exact) mass is 309 g/mol. The van der Waals surface area contributed by atoms with Crippen molar-refractivity contribution in [2.45, 2.75) is 38.0 Å². The van der Waals surface area contributed by atoms with Crippen LogP contribution in [0.15, 0.2) is 12.7 Å². The van der Waals surface area contributed by atoms with Gasteiger partial charge in [-0.05, 0) is 19.4 Å². The van der Waals surface area contributed by atoms with E-state index in [0.717, 1.165) is 52.5 Å². The van der Waals surface area contributed by atoms with Gasteiger partial charge in [-0.1, -0.05) is 6.42 Å². The summed E-state index contributed by atoms with van der Waals surface area (Å²) in [6.45, 7) is 6.85. The first kappa shape index (κ1) is 15.9. The van der Waals surface area contributed by atoms with E-state index in [0.29, 0.717) is 6.04 Å². The van der Waals surface area contributed by atoms with Crippen molar-refractivity contribution >= 4 is 0 Å². The van der Waals surface area contributed by atoms with Gasteiger partial charge in [0.1, 0.15) is 12.7 Å². The van der Waals surface area contributed by atoms with Crippen LogP contribution in [0, 0.1) is 0 Å². The maximum atomic E-state index is 10.4. The van der Waals surface area contributed by atoms with Gasteiger partial charge in [0.15, 0.2) is 0 Å². The van der Waals surface area contributed by atoms with Crippen molar-refractivity contribution in [2.75, 3.05) is 45.9 Å². The van der Waals surface area contributed by atoms with Crippen LogP contribution in [0.2, 0.25) is 0 Å². The molecule has 1 N–H and O–H groups in total. The summed E-state index contributed by atoms with van der Waals surface area (Å²) in [4.78, 5) is 8.74. The highest BCUT2D eigenvalue weighted by Gasteiger charge is 2.26. The number of rotatable bonds is 6. The molecule has 2 atom stereocenters. The number of hydrogen-bond donors (Lipinski definition) is 1. The minimum Gasteiger partial charge on any atom is -0.390 e. The van der Waals surface area contributed by atoms with Crippen LogP contribution in [0.4, 0.5) is 0 Å². The van der Waals surface area contributed by atoms with Gasteiger partial charge in [0, 0.05) is 32.2 Å². The Morgan fingerprint density at radius 2 is 2.05 bits per heavy atom. The first-order chi connectivity index (χ1) is 10.8. The number of aromatic nitrogens is 3. The number of likely N-dealkylation sites (tertiary alicyclic amines) is 1. The highest BCUT2D eigenvalue weighted by molar-refractivity contribution is 4.80. The van der Waals surface area contributed by atoms with Gasteiger partial charge in [-0.15, -0.1) is 0 Å². The zero-order chi connectivity index (χ0) is 15.2. The molecule has 3 heterocycles. The Bertz CT molecular complexity index is 422. The van der Waals surface area contributed by atoms with Crippen molar-refractivity contribution < 1.29 is 9.84 Å². The largest absolute Gasteiger partial charge is 0.390 e. The van der Waals surface area contributed by atoms with E-state index in [4.69, 9.17) is 4.74 Å². The lowest BCUT2D eigenvalue weighted by molar-refractivity contribution is -0.00184. The van der Waals surface area contributed by atoms with Gasteiger partial charge in [-0.25, -0.2) is 4.98 Å². The number of piperidine rings is 1. The fraction of sp³-hybridized carbons (Fsp3) is 0.867. The molecule has 2 fully saturated rings. The summed E-state index contributed by atoms with van der Waals surface area (Å²) in [7, 11) is 0. The van der Waals surface area contributed by atoms with E-state index in [1.165, 1.54) is 19.3 Å². The second-order valence-electron chi connectivity index (χ2n) is 6.33. The molecule has 0 spiro atoms. The number of hydrogen-bond acceptors (Lipinski definition) is 6. The molecule has 22 heavy (non-hydrogen) atoms. The molecular weight excluding hydrogens is 282 g/mol. The smallest absolute Gasteiger partial charge is 0.137 e. The average molecular weight is 309 g/mol. The van der Waals surface area contributed by atoms with Crippen LogP contribution in [0.5, 0.6) is 0 Å². The fourth-order valence-electron chi connectivity index (χ4n) is 3.46. The maximum absolute atomic E-state index is 10.4. The van der Waals surface area contributed by atoms with Crippen LogP contribution in [0.3, 0.4) is 0 Å². The van der Waals surface area contributed by atoms with Gasteiger partial charge >= 0.3 is 0 Å². The SMILES string of the molecule is O[C@@H](CN1CCOCC1)CN1CCCC[C@H]1Cn1cncn1. The van der Waals surface area contributed by atoms with Gasteiger partial charge in [0.05, 0.1) is 25.9 Å². The Morgan fingerprint density at radius 3 is 2.82 bits per heavy atom. The zero-order valence-electron chi connectivity index (χ0n) is 13.2.